The lowest BCUT2D eigenvalue weighted by Gasteiger charge is -2.72. The van der Waals surface area contributed by atoms with Gasteiger partial charge in [-0.1, -0.05) is 36.4 Å². The maximum atomic E-state index is 12.6. The molecule has 5 rings (SSSR count). The maximum absolute atomic E-state index is 12.6. The highest BCUT2D eigenvalue weighted by atomic mass is 32.2. The summed E-state index contributed by atoms with van der Waals surface area (Å²) in [6.45, 7) is 0. The number of nitrogens with zero attached hydrogens (tertiary/aromatic N) is 1. The maximum Gasteiger partial charge on any atom is 0.254 e. The summed E-state index contributed by atoms with van der Waals surface area (Å²) in [7, 11) is 1.96. The molecular formula is C19H19NOS. The molecule has 0 aliphatic heterocycles. The molecule has 2 bridgehead atoms. The molecule has 0 spiro atoms. The minimum Gasteiger partial charge on any atom is -0.336 e. The van der Waals surface area contributed by atoms with Gasteiger partial charge in [-0.3, -0.25) is 4.79 Å². The lowest BCUT2D eigenvalue weighted by molar-refractivity contribution is -0.0894. The van der Waals surface area contributed by atoms with Crippen molar-refractivity contribution in [2.45, 2.75) is 34.4 Å². The number of rotatable bonds is 4. The molecule has 2 aromatic carbocycles. The van der Waals surface area contributed by atoms with Gasteiger partial charge in [-0.25, -0.2) is 0 Å². The van der Waals surface area contributed by atoms with Crippen molar-refractivity contribution < 1.29 is 4.79 Å². The lowest BCUT2D eigenvalue weighted by atomic mass is 9.48. The molecule has 3 aliphatic carbocycles. The van der Waals surface area contributed by atoms with Crippen LogP contribution < -0.4 is 0 Å². The third-order valence-electron chi connectivity index (χ3n) is 5.07. The van der Waals surface area contributed by atoms with Crippen LogP contribution in [0.5, 0.6) is 0 Å². The van der Waals surface area contributed by atoms with Gasteiger partial charge in [-0.2, -0.15) is 0 Å². The summed E-state index contributed by atoms with van der Waals surface area (Å²) >= 11 is 1.98. The SMILES string of the molecule is CN(C(=O)c1ccccc1)C12CC(Sc3ccccc3)(C1)C2. The van der Waals surface area contributed by atoms with Crippen LogP contribution in [0.3, 0.4) is 0 Å². The van der Waals surface area contributed by atoms with Crippen LogP contribution in [-0.2, 0) is 0 Å². The Hall–Kier alpha value is -1.74. The van der Waals surface area contributed by atoms with Crippen molar-refractivity contribution in [3.8, 4) is 0 Å². The highest BCUT2D eigenvalue weighted by molar-refractivity contribution is 8.00. The molecule has 0 radical (unpaired) electrons. The fraction of sp³-hybridized carbons (Fsp3) is 0.316. The van der Waals surface area contributed by atoms with Crippen molar-refractivity contribution in [1.29, 1.82) is 0 Å². The number of hydrogen-bond acceptors (Lipinski definition) is 2. The molecule has 0 N–H and O–H groups in total. The normalized spacial score (nSPS) is 28.4. The lowest BCUT2D eigenvalue weighted by Crippen LogP contribution is -2.77. The van der Waals surface area contributed by atoms with Gasteiger partial charge in [0.25, 0.3) is 5.91 Å². The van der Waals surface area contributed by atoms with Crippen LogP contribution in [0.25, 0.3) is 0 Å². The van der Waals surface area contributed by atoms with E-state index < -0.39 is 0 Å². The first kappa shape index (κ1) is 13.9. The topological polar surface area (TPSA) is 20.3 Å². The Morgan fingerprint density at radius 2 is 1.50 bits per heavy atom. The van der Waals surface area contributed by atoms with Crippen LogP contribution in [0.15, 0.2) is 65.6 Å². The highest BCUT2D eigenvalue weighted by Crippen LogP contribution is 2.71. The summed E-state index contributed by atoms with van der Waals surface area (Å²) in [6, 6.07) is 20.2. The van der Waals surface area contributed by atoms with E-state index in [4.69, 9.17) is 0 Å². The highest BCUT2D eigenvalue weighted by Gasteiger charge is 2.70. The van der Waals surface area contributed by atoms with Gasteiger partial charge >= 0.3 is 0 Å². The molecule has 0 atom stereocenters. The van der Waals surface area contributed by atoms with Gasteiger partial charge in [0.05, 0.1) is 0 Å². The Morgan fingerprint density at radius 1 is 0.955 bits per heavy atom. The first-order chi connectivity index (χ1) is 10.6. The van der Waals surface area contributed by atoms with Crippen LogP contribution >= 0.6 is 11.8 Å². The molecule has 2 nitrogen and oxygen atoms in total. The van der Waals surface area contributed by atoms with Crippen LogP contribution in [0.4, 0.5) is 0 Å². The molecule has 3 fully saturated rings. The fourth-order valence-electron chi connectivity index (χ4n) is 3.84. The van der Waals surface area contributed by atoms with E-state index >= 15 is 0 Å². The summed E-state index contributed by atoms with van der Waals surface area (Å²) < 4.78 is 0.368. The predicted octanol–water partition coefficient (Wildman–Crippen LogP) is 4.23. The minimum absolute atomic E-state index is 0.106. The van der Waals surface area contributed by atoms with E-state index in [0.717, 1.165) is 24.8 Å². The molecule has 112 valence electrons. The summed E-state index contributed by atoms with van der Waals surface area (Å²) in [5.41, 5.74) is 0.897. The first-order valence-electron chi connectivity index (χ1n) is 7.70. The van der Waals surface area contributed by atoms with Gasteiger partial charge in [0, 0.05) is 27.8 Å². The number of hydrogen-bond donors (Lipinski definition) is 0. The molecule has 22 heavy (non-hydrogen) atoms. The second kappa shape index (κ2) is 4.88. The first-order valence-corrected chi connectivity index (χ1v) is 8.52. The molecule has 0 unspecified atom stereocenters. The van der Waals surface area contributed by atoms with Crippen LogP contribution in [-0.4, -0.2) is 28.1 Å². The number of thioether (sulfide) groups is 1. The average Bonchev–Trinajstić information content (AvgIpc) is 2.50. The average molecular weight is 309 g/mol. The zero-order chi connectivity index (χ0) is 15.2. The van der Waals surface area contributed by atoms with Crippen LogP contribution in [0, 0.1) is 0 Å². The second-order valence-electron chi connectivity index (χ2n) is 6.58. The second-order valence-corrected chi connectivity index (χ2v) is 8.12. The summed E-state index contributed by atoms with van der Waals surface area (Å²) in [5.74, 6) is 0.151. The molecule has 0 saturated heterocycles. The van der Waals surface area contributed by atoms with E-state index in [1.54, 1.807) is 0 Å². The monoisotopic (exact) mass is 309 g/mol. The molecule has 3 heteroatoms. The summed E-state index contributed by atoms with van der Waals surface area (Å²) in [4.78, 5) is 15.9. The molecule has 0 aromatic heterocycles. The third-order valence-corrected chi connectivity index (χ3v) is 6.44. The zero-order valence-electron chi connectivity index (χ0n) is 12.7. The Labute approximate surface area is 135 Å². The zero-order valence-corrected chi connectivity index (χ0v) is 13.5. The van der Waals surface area contributed by atoms with Gasteiger partial charge < -0.3 is 4.90 Å². The van der Waals surface area contributed by atoms with Crippen molar-refractivity contribution in [3.05, 3.63) is 66.2 Å². The smallest absolute Gasteiger partial charge is 0.254 e. The summed E-state index contributed by atoms with van der Waals surface area (Å²) in [6.07, 6.45) is 3.36. The van der Waals surface area contributed by atoms with Gasteiger partial charge in [0.2, 0.25) is 0 Å². The third kappa shape index (κ3) is 2.07. The van der Waals surface area contributed by atoms with E-state index in [2.05, 4.69) is 30.3 Å². The number of carbonyl (C=O) groups is 1. The molecular weight excluding hydrogens is 290 g/mol. The largest absolute Gasteiger partial charge is 0.336 e. The van der Waals surface area contributed by atoms with Gasteiger partial charge in [0.15, 0.2) is 0 Å². The molecule has 1 amide bonds. The van der Waals surface area contributed by atoms with Crippen molar-refractivity contribution in [2.24, 2.45) is 0 Å². The molecule has 3 saturated carbocycles. The van der Waals surface area contributed by atoms with Gasteiger partial charge in [-0.15, -0.1) is 11.8 Å². The number of amides is 1. The van der Waals surface area contributed by atoms with Crippen molar-refractivity contribution in [3.63, 3.8) is 0 Å². The number of carbonyl (C=O) groups excluding carboxylic acids is 1. The van der Waals surface area contributed by atoms with Crippen LogP contribution in [0.1, 0.15) is 29.6 Å². The van der Waals surface area contributed by atoms with E-state index in [9.17, 15) is 4.79 Å². The Kier molecular flexibility index (Phi) is 3.08. The van der Waals surface area contributed by atoms with E-state index in [-0.39, 0.29) is 11.4 Å². The van der Waals surface area contributed by atoms with Crippen LogP contribution in [0.2, 0.25) is 0 Å². The Balaban J connectivity index is 1.42. The van der Waals surface area contributed by atoms with E-state index in [1.807, 2.05) is 54.0 Å². The van der Waals surface area contributed by atoms with E-state index in [0.29, 0.717) is 4.75 Å². The predicted molar refractivity (Wildman–Crippen MR) is 90.1 cm³/mol. The van der Waals surface area contributed by atoms with Gasteiger partial charge in [0.1, 0.15) is 0 Å². The minimum atomic E-state index is 0.106. The fourth-order valence-corrected chi connectivity index (χ4v) is 5.65. The standard InChI is InChI=1S/C19H19NOS/c1-20(17(21)15-8-4-2-5-9-15)18-12-19(13-18,14-18)22-16-10-6-3-7-11-16/h2-11H,12-14H2,1H3. The van der Waals surface area contributed by atoms with Crippen molar-refractivity contribution in [1.82, 2.24) is 4.90 Å². The Morgan fingerprint density at radius 3 is 2.09 bits per heavy atom. The Bertz CT molecular complexity index is 678. The molecule has 2 aromatic rings. The van der Waals surface area contributed by atoms with E-state index in [1.165, 1.54) is 4.90 Å². The summed E-state index contributed by atoms with van der Waals surface area (Å²) in [5, 5.41) is 0. The number of benzene rings is 2. The quantitative estimate of drug-likeness (QED) is 0.842. The van der Waals surface area contributed by atoms with Crippen molar-refractivity contribution >= 4 is 17.7 Å². The van der Waals surface area contributed by atoms with Gasteiger partial charge in [-0.05, 0) is 43.5 Å². The molecule has 3 aliphatic rings. The van der Waals surface area contributed by atoms with Crippen molar-refractivity contribution in [2.75, 3.05) is 7.05 Å². The molecule has 0 heterocycles.